The first-order chi connectivity index (χ1) is 10.4. The molecule has 7 heteroatoms. The lowest BCUT2D eigenvalue weighted by Gasteiger charge is -2.27. The molecule has 0 spiro atoms. The monoisotopic (exact) mass is 339 g/mol. The van der Waals surface area contributed by atoms with Crippen LogP contribution in [0.1, 0.15) is 43.1 Å². The Morgan fingerprint density at radius 2 is 2.09 bits per heavy atom. The van der Waals surface area contributed by atoms with E-state index >= 15 is 0 Å². The molecule has 1 amide bonds. The van der Waals surface area contributed by atoms with Crippen LogP contribution >= 0.6 is 22.7 Å². The van der Waals surface area contributed by atoms with Crippen LogP contribution in [0.2, 0.25) is 0 Å². The molecule has 0 unspecified atom stereocenters. The van der Waals surface area contributed by atoms with Gasteiger partial charge >= 0.3 is 4.87 Å². The molecule has 2 heterocycles. The Kier molecular flexibility index (Phi) is 5.18. The summed E-state index contributed by atoms with van der Waals surface area (Å²) >= 11 is 2.73. The molecule has 0 aliphatic heterocycles. The highest BCUT2D eigenvalue weighted by Crippen LogP contribution is 2.27. The number of amides is 1. The summed E-state index contributed by atoms with van der Waals surface area (Å²) in [5, 5.41) is 7.80. The van der Waals surface area contributed by atoms with E-state index in [1.54, 1.807) is 15.9 Å². The fourth-order valence-corrected chi connectivity index (χ4v) is 3.91. The van der Waals surface area contributed by atoms with Crippen molar-refractivity contribution in [1.29, 1.82) is 0 Å². The zero-order chi connectivity index (χ0) is 16.3. The quantitative estimate of drug-likeness (QED) is 0.880. The van der Waals surface area contributed by atoms with Gasteiger partial charge in [0.1, 0.15) is 5.01 Å². The topological polar surface area (TPSA) is 64.0 Å². The van der Waals surface area contributed by atoms with Gasteiger partial charge in [0, 0.05) is 35.1 Å². The minimum Gasteiger partial charge on any atom is -0.344 e. The van der Waals surface area contributed by atoms with Gasteiger partial charge in [0.15, 0.2) is 0 Å². The molecule has 0 aliphatic carbocycles. The summed E-state index contributed by atoms with van der Waals surface area (Å²) in [6.45, 7) is 8.26. The van der Waals surface area contributed by atoms with Crippen LogP contribution in [0, 0.1) is 13.8 Å². The van der Waals surface area contributed by atoms with Crippen molar-refractivity contribution in [3.63, 3.8) is 0 Å². The fourth-order valence-electron chi connectivity index (χ4n) is 2.16. The average molecular weight is 339 g/mol. The van der Waals surface area contributed by atoms with Gasteiger partial charge in [-0.2, -0.15) is 0 Å². The predicted octanol–water partition coefficient (Wildman–Crippen LogP) is 2.81. The summed E-state index contributed by atoms with van der Waals surface area (Å²) in [6, 6.07) is 0. The normalized spacial score (nSPS) is 13.8. The summed E-state index contributed by atoms with van der Waals surface area (Å²) in [5.74, 6) is -0.0605. The molecule has 0 aromatic carbocycles. The van der Waals surface area contributed by atoms with Crippen molar-refractivity contribution in [2.24, 2.45) is 0 Å². The van der Waals surface area contributed by atoms with Gasteiger partial charge < -0.3 is 9.88 Å². The number of nitrogens with zero attached hydrogens (tertiary/aromatic N) is 2. The van der Waals surface area contributed by atoms with Gasteiger partial charge in [-0.15, -0.1) is 11.3 Å². The molecule has 2 aromatic rings. The second kappa shape index (κ2) is 6.75. The lowest BCUT2D eigenvalue weighted by atomic mass is 9.99. The SMILES string of the molecule is CC[C@@](C)(NC(=O)CCn1c(C)csc1=O)c1nc(C)cs1. The van der Waals surface area contributed by atoms with Crippen LogP contribution in [0.15, 0.2) is 15.6 Å². The molecule has 0 saturated carbocycles. The molecule has 0 bridgehead atoms. The van der Waals surface area contributed by atoms with E-state index in [2.05, 4.69) is 10.3 Å². The van der Waals surface area contributed by atoms with Crippen LogP contribution in [0.4, 0.5) is 0 Å². The van der Waals surface area contributed by atoms with Gasteiger partial charge in [-0.3, -0.25) is 9.59 Å². The Balaban J connectivity index is 2.02. The zero-order valence-corrected chi connectivity index (χ0v) is 14.9. The highest BCUT2D eigenvalue weighted by Gasteiger charge is 2.29. The third-order valence-corrected chi connectivity index (χ3v) is 5.86. The number of hydrogen-bond acceptors (Lipinski definition) is 5. The minimum atomic E-state index is -0.454. The molecular weight excluding hydrogens is 318 g/mol. The molecule has 2 rings (SSSR count). The van der Waals surface area contributed by atoms with Crippen molar-refractivity contribution >= 4 is 28.6 Å². The highest BCUT2D eigenvalue weighted by molar-refractivity contribution is 7.09. The van der Waals surface area contributed by atoms with E-state index in [-0.39, 0.29) is 17.2 Å². The van der Waals surface area contributed by atoms with Crippen LogP contribution in [0.25, 0.3) is 0 Å². The zero-order valence-electron chi connectivity index (χ0n) is 13.3. The lowest BCUT2D eigenvalue weighted by Crippen LogP contribution is -2.43. The van der Waals surface area contributed by atoms with Gasteiger partial charge in [-0.25, -0.2) is 4.98 Å². The predicted molar refractivity (Wildman–Crippen MR) is 90.6 cm³/mol. The van der Waals surface area contributed by atoms with E-state index in [1.807, 2.05) is 38.5 Å². The van der Waals surface area contributed by atoms with Crippen LogP contribution in [0.5, 0.6) is 0 Å². The van der Waals surface area contributed by atoms with Gasteiger partial charge in [0.25, 0.3) is 0 Å². The molecule has 0 aliphatic rings. The third kappa shape index (κ3) is 3.64. The second-order valence-electron chi connectivity index (χ2n) is 5.57. The average Bonchev–Trinajstić information content (AvgIpc) is 3.04. The third-order valence-electron chi connectivity index (χ3n) is 3.75. The van der Waals surface area contributed by atoms with Crippen molar-refractivity contribution in [3.05, 3.63) is 36.8 Å². The maximum absolute atomic E-state index is 12.3. The Morgan fingerprint density at radius 1 is 1.36 bits per heavy atom. The van der Waals surface area contributed by atoms with Crippen LogP contribution in [0.3, 0.4) is 0 Å². The number of carbonyl (C=O) groups excluding carboxylic acids is 1. The summed E-state index contributed by atoms with van der Waals surface area (Å²) in [6.07, 6.45) is 1.06. The second-order valence-corrected chi connectivity index (χ2v) is 7.25. The molecule has 2 aromatic heterocycles. The molecule has 120 valence electrons. The first kappa shape index (κ1) is 16.9. The Morgan fingerprint density at radius 3 is 2.59 bits per heavy atom. The van der Waals surface area contributed by atoms with Crippen molar-refractivity contribution in [3.8, 4) is 0 Å². The van der Waals surface area contributed by atoms with E-state index in [9.17, 15) is 9.59 Å². The van der Waals surface area contributed by atoms with Crippen LogP contribution < -0.4 is 10.2 Å². The largest absolute Gasteiger partial charge is 0.344 e. The van der Waals surface area contributed by atoms with Crippen molar-refractivity contribution in [1.82, 2.24) is 14.9 Å². The number of rotatable bonds is 6. The first-order valence-electron chi connectivity index (χ1n) is 7.24. The number of hydrogen-bond donors (Lipinski definition) is 1. The Labute approximate surface area is 138 Å². The van der Waals surface area contributed by atoms with Crippen molar-refractivity contribution < 1.29 is 4.79 Å². The number of carbonyl (C=O) groups is 1. The Hall–Kier alpha value is -1.47. The standard InChI is InChI=1S/C15H21N3O2S2/c1-5-15(4,13-16-10(2)8-21-13)17-12(19)6-7-18-11(3)9-22-14(18)20/h8-9H,5-7H2,1-4H3,(H,17,19)/t15-/m1/s1. The first-order valence-corrected chi connectivity index (χ1v) is 9.00. The number of aryl methyl sites for hydroxylation is 2. The summed E-state index contributed by atoms with van der Waals surface area (Å²) in [5.41, 5.74) is 1.41. The maximum Gasteiger partial charge on any atom is 0.307 e. The molecule has 1 N–H and O–H groups in total. The van der Waals surface area contributed by atoms with E-state index < -0.39 is 5.54 Å². The van der Waals surface area contributed by atoms with E-state index in [1.165, 1.54) is 11.3 Å². The lowest BCUT2D eigenvalue weighted by molar-refractivity contribution is -0.123. The molecule has 5 nitrogen and oxygen atoms in total. The van der Waals surface area contributed by atoms with Gasteiger partial charge in [0.05, 0.1) is 5.54 Å². The molecule has 0 saturated heterocycles. The van der Waals surface area contributed by atoms with Crippen LogP contribution in [-0.2, 0) is 16.9 Å². The van der Waals surface area contributed by atoms with E-state index in [4.69, 9.17) is 0 Å². The van der Waals surface area contributed by atoms with Crippen molar-refractivity contribution in [2.75, 3.05) is 0 Å². The molecule has 1 atom stereocenters. The van der Waals surface area contributed by atoms with Gasteiger partial charge in [-0.05, 0) is 27.2 Å². The van der Waals surface area contributed by atoms with Crippen molar-refractivity contribution in [2.45, 2.75) is 52.6 Å². The number of aromatic nitrogens is 2. The summed E-state index contributed by atoms with van der Waals surface area (Å²) in [4.78, 5) is 28.4. The molecule has 0 radical (unpaired) electrons. The minimum absolute atomic E-state index is 0.0147. The fraction of sp³-hybridized carbons (Fsp3) is 0.533. The smallest absolute Gasteiger partial charge is 0.307 e. The summed E-state index contributed by atoms with van der Waals surface area (Å²) in [7, 11) is 0. The molecule has 0 fully saturated rings. The summed E-state index contributed by atoms with van der Waals surface area (Å²) < 4.78 is 1.64. The number of thiazole rings is 2. The van der Waals surface area contributed by atoms with Crippen LogP contribution in [-0.4, -0.2) is 15.5 Å². The van der Waals surface area contributed by atoms with E-state index in [0.717, 1.165) is 22.8 Å². The Bertz CT molecular complexity index is 716. The van der Waals surface area contributed by atoms with Gasteiger partial charge in [-0.1, -0.05) is 18.3 Å². The maximum atomic E-state index is 12.3. The molecular formula is C15H21N3O2S2. The van der Waals surface area contributed by atoms with Gasteiger partial charge in [0.2, 0.25) is 5.91 Å². The van der Waals surface area contributed by atoms with E-state index in [0.29, 0.717) is 6.54 Å². The number of nitrogens with one attached hydrogen (secondary N) is 1. The molecule has 22 heavy (non-hydrogen) atoms. The highest BCUT2D eigenvalue weighted by atomic mass is 32.1.